The summed E-state index contributed by atoms with van der Waals surface area (Å²) in [4.78, 5) is 3.53. The first-order chi connectivity index (χ1) is 9.84. The number of aromatic nitrogens is 1. The topological polar surface area (TPSA) is 15.8 Å². The van der Waals surface area contributed by atoms with Crippen LogP contribution in [0.15, 0.2) is 71.2 Å². The lowest BCUT2D eigenvalue weighted by Crippen LogP contribution is -1.81. The molecule has 0 aliphatic heterocycles. The van der Waals surface area contributed by atoms with E-state index in [0.717, 1.165) is 15.7 Å². The van der Waals surface area contributed by atoms with Crippen LogP contribution < -0.4 is 0 Å². The van der Waals surface area contributed by atoms with Gasteiger partial charge in [-0.05, 0) is 32.8 Å². The zero-order chi connectivity index (χ0) is 13.5. The van der Waals surface area contributed by atoms with Crippen molar-refractivity contribution in [3.63, 3.8) is 0 Å². The van der Waals surface area contributed by atoms with Crippen LogP contribution in [-0.2, 0) is 0 Å². The van der Waals surface area contributed by atoms with E-state index >= 15 is 0 Å². The van der Waals surface area contributed by atoms with E-state index in [0.29, 0.717) is 0 Å². The second kappa shape index (κ2) is 4.50. The summed E-state index contributed by atoms with van der Waals surface area (Å²) in [7, 11) is 0. The molecule has 96 valence electrons. The Morgan fingerprint density at radius 3 is 2.25 bits per heavy atom. The molecular formula is C18H12BrN. The summed E-state index contributed by atoms with van der Waals surface area (Å²) >= 11 is 3.74. The molecule has 4 aromatic rings. The predicted molar refractivity (Wildman–Crippen MR) is 88.9 cm³/mol. The number of hydrogen-bond donors (Lipinski definition) is 1. The molecule has 0 radical (unpaired) electrons. The Bertz CT molecular complexity index is 916. The smallest absolute Gasteiger partial charge is 0.0615 e. The standard InChI is InChI=1S/C18H12BrN/c19-17-15-9-3-4-11-16(15)20-18(17)14-10-5-7-12-6-1-2-8-13(12)14/h1-11,20H. The zero-order valence-electron chi connectivity index (χ0n) is 10.7. The Kier molecular flexibility index (Phi) is 2.64. The molecule has 0 saturated heterocycles. The van der Waals surface area contributed by atoms with E-state index in [-0.39, 0.29) is 0 Å². The average Bonchev–Trinajstić information content (AvgIpc) is 2.84. The van der Waals surface area contributed by atoms with E-state index in [1.807, 2.05) is 0 Å². The van der Waals surface area contributed by atoms with Crippen molar-refractivity contribution < 1.29 is 0 Å². The van der Waals surface area contributed by atoms with E-state index < -0.39 is 0 Å². The third-order valence-electron chi connectivity index (χ3n) is 3.70. The van der Waals surface area contributed by atoms with E-state index in [1.165, 1.54) is 21.7 Å². The Balaban J connectivity index is 2.09. The Labute approximate surface area is 125 Å². The Morgan fingerprint density at radius 2 is 1.40 bits per heavy atom. The molecule has 1 N–H and O–H groups in total. The number of para-hydroxylation sites is 1. The summed E-state index contributed by atoms with van der Waals surface area (Å²) in [5.41, 5.74) is 3.52. The fourth-order valence-electron chi connectivity index (χ4n) is 2.74. The maximum Gasteiger partial charge on any atom is 0.0615 e. The minimum absolute atomic E-state index is 1.13. The summed E-state index contributed by atoms with van der Waals surface area (Å²) in [6.07, 6.45) is 0. The van der Waals surface area contributed by atoms with Crippen LogP contribution in [0, 0.1) is 0 Å². The van der Waals surface area contributed by atoms with Gasteiger partial charge in [0.25, 0.3) is 0 Å². The zero-order valence-corrected chi connectivity index (χ0v) is 12.3. The van der Waals surface area contributed by atoms with Crippen LogP contribution in [-0.4, -0.2) is 4.98 Å². The van der Waals surface area contributed by atoms with Crippen LogP contribution in [0.1, 0.15) is 0 Å². The van der Waals surface area contributed by atoms with Gasteiger partial charge in [0, 0.05) is 16.5 Å². The second-order valence-electron chi connectivity index (χ2n) is 4.89. The van der Waals surface area contributed by atoms with E-state index in [9.17, 15) is 0 Å². The molecule has 1 heterocycles. The molecule has 0 spiro atoms. The summed E-state index contributed by atoms with van der Waals surface area (Å²) in [5.74, 6) is 0. The van der Waals surface area contributed by atoms with Crippen molar-refractivity contribution in [2.24, 2.45) is 0 Å². The molecule has 20 heavy (non-hydrogen) atoms. The molecule has 2 heteroatoms. The van der Waals surface area contributed by atoms with Crippen molar-refractivity contribution in [3.8, 4) is 11.3 Å². The summed E-state index contributed by atoms with van der Waals surface area (Å²) in [6.45, 7) is 0. The van der Waals surface area contributed by atoms with Crippen molar-refractivity contribution in [2.75, 3.05) is 0 Å². The van der Waals surface area contributed by atoms with Gasteiger partial charge in [-0.25, -0.2) is 0 Å². The lowest BCUT2D eigenvalue weighted by Gasteiger charge is -2.05. The number of halogens is 1. The highest BCUT2D eigenvalue weighted by Gasteiger charge is 2.12. The maximum atomic E-state index is 3.74. The van der Waals surface area contributed by atoms with Crippen LogP contribution in [0.4, 0.5) is 0 Å². The van der Waals surface area contributed by atoms with Crippen LogP contribution in [0.2, 0.25) is 0 Å². The minimum atomic E-state index is 1.13. The molecule has 0 amide bonds. The van der Waals surface area contributed by atoms with Crippen molar-refractivity contribution in [2.45, 2.75) is 0 Å². The summed E-state index contributed by atoms with van der Waals surface area (Å²) < 4.78 is 1.13. The van der Waals surface area contributed by atoms with Gasteiger partial charge in [0.1, 0.15) is 0 Å². The monoisotopic (exact) mass is 321 g/mol. The highest BCUT2D eigenvalue weighted by Crippen LogP contribution is 2.37. The van der Waals surface area contributed by atoms with E-state index in [2.05, 4.69) is 87.6 Å². The van der Waals surface area contributed by atoms with Gasteiger partial charge in [-0.3, -0.25) is 0 Å². The van der Waals surface area contributed by atoms with Gasteiger partial charge in [-0.15, -0.1) is 0 Å². The molecule has 0 aliphatic carbocycles. The number of H-pyrrole nitrogens is 1. The summed E-state index contributed by atoms with van der Waals surface area (Å²) in [5, 5.41) is 3.74. The van der Waals surface area contributed by atoms with E-state index in [4.69, 9.17) is 0 Å². The van der Waals surface area contributed by atoms with Gasteiger partial charge in [0.2, 0.25) is 0 Å². The predicted octanol–water partition coefficient (Wildman–Crippen LogP) is 5.75. The molecule has 0 aliphatic rings. The normalized spacial score (nSPS) is 11.2. The van der Waals surface area contributed by atoms with Gasteiger partial charge >= 0.3 is 0 Å². The molecule has 0 atom stereocenters. The van der Waals surface area contributed by atoms with Gasteiger partial charge in [0.15, 0.2) is 0 Å². The minimum Gasteiger partial charge on any atom is -0.354 e. The van der Waals surface area contributed by atoms with Gasteiger partial charge < -0.3 is 4.98 Å². The first-order valence-corrected chi connectivity index (χ1v) is 7.38. The first-order valence-electron chi connectivity index (χ1n) is 6.59. The quantitative estimate of drug-likeness (QED) is 0.459. The number of aromatic amines is 1. The molecular weight excluding hydrogens is 310 g/mol. The van der Waals surface area contributed by atoms with Crippen LogP contribution in [0.3, 0.4) is 0 Å². The molecule has 0 fully saturated rings. The summed E-state index contributed by atoms with van der Waals surface area (Å²) in [6, 6.07) is 23.3. The van der Waals surface area contributed by atoms with Crippen LogP contribution in [0.25, 0.3) is 32.9 Å². The molecule has 3 aromatic carbocycles. The molecule has 1 nitrogen and oxygen atoms in total. The van der Waals surface area contributed by atoms with E-state index in [1.54, 1.807) is 0 Å². The van der Waals surface area contributed by atoms with Gasteiger partial charge in [0.05, 0.1) is 10.2 Å². The third-order valence-corrected chi connectivity index (χ3v) is 4.53. The molecule has 4 rings (SSSR count). The highest BCUT2D eigenvalue weighted by molar-refractivity contribution is 9.10. The van der Waals surface area contributed by atoms with Crippen molar-refractivity contribution in [3.05, 3.63) is 71.2 Å². The van der Waals surface area contributed by atoms with Crippen LogP contribution >= 0.6 is 15.9 Å². The Morgan fingerprint density at radius 1 is 0.700 bits per heavy atom. The lowest BCUT2D eigenvalue weighted by molar-refractivity contribution is 1.46. The SMILES string of the molecule is Brc1c(-c2cccc3ccccc23)[nH]c2ccccc12. The highest BCUT2D eigenvalue weighted by atomic mass is 79.9. The fraction of sp³-hybridized carbons (Fsp3) is 0. The van der Waals surface area contributed by atoms with Crippen molar-refractivity contribution in [1.29, 1.82) is 0 Å². The number of hydrogen-bond acceptors (Lipinski definition) is 0. The Hall–Kier alpha value is -2.06. The molecule has 1 aromatic heterocycles. The van der Waals surface area contributed by atoms with Crippen LogP contribution in [0.5, 0.6) is 0 Å². The largest absolute Gasteiger partial charge is 0.354 e. The fourth-order valence-corrected chi connectivity index (χ4v) is 3.40. The number of nitrogens with one attached hydrogen (secondary N) is 1. The lowest BCUT2D eigenvalue weighted by atomic mass is 10.0. The average molecular weight is 322 g/mol. The number of fused-ring (bicyclic) bond motifs is 2. The molecule has 0 unspecified atom stereocenters. The van der Waals surface area contributed by atoms with Gasteiger partial charge in [-0.1, -0.05) is 60.7 Å². The third kappa shape index (κ3) is 1.69. The maximum absolute atomic E-state index is 3.74. The molecule has 0 saturated carbocycles. The number of benzene rings is 3. The molecule has 0 bridgehead atoms. The first kappa shape index (κ1) is 11.7. The van der Waals surface area contributed by atoms with Gasteiger partial charge in [-0.2, -0.15) is 0 Å². The number of rotatable bonds is 1. The van der Waals surface area contributed by atoms with Crippen molar-refractivity contribution in [1.82, 2.24) is 4.98 Å². The van der Waals surface area contributed by atoms with Crippen molar-refractivity contribution >= 4 is 37.6 Å². The second-order valence-corrected chi connectivity index (χ2v) is 5.68.